The fourth-order valence-corrected chi connectivity index (χ4v) is 5.15. The van der Waals surface area contributed by atoms with Crippen molar-refractivity contribution in [3.05, 3.63) is 95.2 Å². The maximum Gasteiger partial charge on any atom is 0.355 e. The lowest BCUT2D eigenvalue weighted by atomic mass is 9.96. The van der Waals surface area contributed by atoms with Crippen molar-refractivity contribution >= 4 is 50.2 Å². The molecule has 2 heterocycles. The quantitative estimate of drug-likeness (QED) is 0.213. The van der Waals surface area contributed by atoms with Gasteiger partial charge in [0.1, 0.15) is 5.69 Å². The maximum absolute atomic E-state index is 12.9. The van der Waals surface area contributed by atoms with Crippen LogP contribution in [0.5, 0.6) is 0 Å². The highest BCUT2D eigenvalue weighted by Gasteiger charge is 2.35. The van der Waals surface area contributed by atoms with Crippen LogP contribution in [0.1, 0.15) is 43.7 Å². The summed E-state index contributed by atoms with van der Waals surface area (Å²) in [5.41, 5.74) is 2.75. The van der Waals surface area contributed by atoms with Crippen LogP contribution in [0.4, 0.5) is 0 Å². The van der Waals surface area contributed by atoms with E-state index < -0.39 is 5.97 Å². The highest BCUT2D eigenvalue weighted by molar-refractivity contribution is 6.22. The Bertz CT molecular complexity index is 1650. The molecule has 0 radical (unpaired) electrons. The maximum atomic E-state index is 12.9. The minimum Gasteiger partial charge on any atom is -0.461 e. The van der Waals surface area contributed by atoms with Crippen molar-refractivity contribution in [2.45, 2.75) is 13.3 Å². The smallest absolute Gasteiger partial charge is 0.355 e. The van der Waals surface area contributed by atoms with Crippen LogP contribution in [0.2, 0.25) is 0 Å². The number of fused-ring (bicyclic) bond motifs is 6. The number of nitrogens with one attached hydrogen (secondary N) is 1. The van der Waals surface area contributed by atoms with Crippen molar-refractivity contribution < 1.29 is 19.1 Å². The van der Waals surface area contributed by atoms with Crippen LogP contribution in [0, 0.1) is 0 Å². The molecule has 2 amide bonds. The number of rotatable bonds is 5. The molecule has 0 aliphatic carbocycles. The predicted octanol–water partition coefficient (Wildman–Crippen LogP) is 5.49. The van der Waals surface area contributed by atoms with Crippen LogP contribution < -0.4 is 0 Å². The lowest BCUT2D eigenvalue weighted by Crippen LogP contribution is -2.32. The van der Waals surface area contributed by atoms with Crippen molar-refractivity contribution in [2.75, 3.05) is 13.2 Å². The molecule has 0 saturated carbocycles. The van der Waals surface area contributed by atoms with Gasteiger partial charge in [-0.3, -0.25) is 14.5 Å². The van der Waals surface area contributed by atoms with Gasteiger partial charge in [0.2, 0.25) is 0 Å². The lowest BCUT2D eigenvalue weighted by molar-refractivity contribution is 0.0519. The molecule has 1 aliphatic heterocycles. The normalized spacial score (nSPS) is 13.2. The van der Waals surface area contributed by atoms with Crippen LogP contribution in [-0.2, 0) is 11.2 Å². The number of amides is 2. The van der Waals surface area contributed by atoms with Crippen LogP contribution >= 0.6 is 0 Å². The Morgan fingerprint density at radius 1 is 0.829 bits per heavy atom. The molecule has 0 unspecified atom stereocenters. The topological polar surface area (TPSA) is 79.5 Å². The van der Waals surface area contributed by atoms with Crippen LogP contribution in [0.3, 0.4) is 0 Å². The van der Waals surface area contributed by atoms with E-state index in [4.69, 9.17) is 4.74 Å². The first-order valence-electron chi connectivity index (χ1n) is 11.7. The van der Waals surface area contributed by atoms with Gasteiger partial charge in [0.15, 0.2) is 0 Å². The number of aromatic nitrogens is 1. The van der Waals surface area contributed by atoms with E-state index in [9.17, 15) is 14.4 Å². The number of esters is 1. The number of nitrogens with zero attached hydrogens (tertiary/aromatic N) is 1. The molecule has 0 atom stereocenters. The second kappa shape index (κ2) is 8.09. The van der Waals surface area contributed by atoms with Gasteiger partial charge < -0.3 is 9.72 Å². The molecule has 35 heavy (non-hydrogen) atoms. The SMILES string of the molecule is CCOC(=O)c1[nH]c2ccc3c4ccccc4ccc3c2c1CCN1C(=O)c2ccccc2C1=O. The molecule has 6 heteroatoms. The van der Waals surface area contributed by atoms with Crippen molar-refractivity contribution in [1.29, 1.82) is 0 Å². The molecular formula is C29H22N2O4. The standard InChI is InChI=1S/C29H22N2O4/c1-2-35-29(34)26-23(15-16-31-27(32)21-9-5-6-10-22(21)28(31)33)25-20-12-11-17-7-3-4-8-18(17)19(20)13-14-24(25)30-26/h3-14,30H,2,15-16H2,1H3. The Hall–Kier alpha value is -4.45. The minimum absolute atomic E-state index is 0.162. The first-order valence-corrected chi connectivity index (χ1v) is 11.7. The Balaban J connectivity index is 1.49. The Labute approximate surface area is 201 Å². The molecule has 6 nitrogen and oxygen atoms in total. The number of imide groups is 1. The van der Waals surface area contributed by atoms with E-state index in [-0.39, 0.29) is 25.0 Å². The van der Waals surface area contributed by atoms with E-state index in [2.05, 4.69) is 35.3 Å². The molecule has 6 rings (SSSR count). The van der Waals surface area contributed by atoms with Crippen molar-refractivity contribution in [1.82, 2.24) is 9.88 Å². The number of aromatic amines is 1. The summed E-state index contributed by atoms with van der Waals surface area (Å²) in [4.78, 5) is 43.2. The number of carbonyl (C=O) groups is 3. The van der Waals surface area contributed by atoms with E-state index in [0.717, 1.165) is 38.0 Å². The van der Waals surface area contributed by atoms with Crippen molar-refractivity contribution in [2.24, 2.45) is 0 Å². The first-order chi connectivity index (χ1) is 17.1. The summed E-state index contributed by atoms with van der Waals surface area (Å²) in [6.45, 7) is 2.17. The van der Waals surface area contributed by atoms with Gasteiger partial charge in [-0.15, -0.1) is 0 Å². The summed E-state index contributed by atoms with van der Waals surface area (Å²) < 4.78 is 5.33. The van der Waals surface area contributed by atoms with Gasteiger partial charge in [-0.2, -0.15) is 0 Å². The van der Waals surface area contributed by atoms with Crippen LogP contribution in [-0.4, -0.2) is 40.8 Å². The van der Waals surface area contributed by atoms with Crippen LogP contribution in [0.15, 0.2) is 72.8 Å². The summed E-state index contributed by atoms with van der Waals surface area (Å²) >= 11 is 0. The lowest BCUT2D eigenvalue weighted by Gasteiger charge is -2.14. The number of hydrogen-bond acceptors (Lipinski definition) is 4. The first kappa shape index (κ1) is 21.1. The summed E-state index contributed by atoms with van der Waals surface area (Å²) in [6, 6.07) is 23.2. The van der Waals surface area contributed by atoms with Gasteiger partial charge in [0.05, 0.1) is 17.7 Å². The van der Waals surface area contributed by atoms with E-state index >= 15 is 0 Å². The zero-order valence-electron chi connectivity index (χ0n) is 19.1. The summed E-state index contributed by atoms with van der Waals surface area (Å²) in [6.07, 6.45) is 0.325. The number of carbonyl (C=O) groups excluding carboxylic acids is 3. The Morgan fingerprint density at radius 3 is 2.26 bits per heavy atom. The highest BCUT2D eigenvalue weighted by atomic mass is 16.5. The van der Waals surface area contributed by atoms with Gasteiger partial charge >= 0.3 is 5.97 Å². The van der Waals surface area contributed by atoms with Gasteiger partial charge in [-0.05, 0) is 58.7 Å². The third kappa shape index (κ3) is 3.21. The zero-order valence-corrected chi connectivity index (χ0v) is 19.1. The Kier molecular flexibility index (Phi) is 4.88. The number of H-pyrrole nitrogens is 1. The van der Waals surface area contributed by atoms with Crippen molar-refractivity contribution in [3.8, 4) is 0 Å². The van der Waals surface area contributed by atoms with Gasteiger partial charge in [0.25, 0.3) is 11.8 Å². The monoisotopic (exact) mass is 462 g/mol. The fraction of sp³-hybridized carbons (Fsp3) is 0.138. The van der Waals surface area contributed by atoms with E-state index in [1.54, 1.807) is 31.2 Å². The van der Waals surface area contributed by atoms with Crippen molar-refractivity contribution in [3.63, 3.8) is 0 Å². The molecule has 4 aromatic carbocycles. The fourth-order valence-electron chi connectivity index (χ4n) is 5.15. The second-order valence-electron chi connectivity index (χ2n) is 8.63. The molecule has 0 saturated heterocycles. The van der Waals surface area contributed by atoms with Gasteiger partial charge in [-0.1, -0.05) is 54.6 Å². The summed E-state index contributed by atoms with van der Waals surface area (Å²) in [5, 5.41) is 5.25. The molecule has 5 aromatic rings. The molecule has 1 N–H and O–H groups in total. The summed E-state index contributed by atoms with van der Waals surface area (Å²) in [7, 11) is 0. The number of benzene rings is 4. The van der Waals surface area contributed by atoms with Gasteiger partial charge in [-0.25, -0.2) is 4.79 Å². The molecular weight excluding hydrogens is 440 g/mol. The average Bonchev–Trinajstić information content (AvgIpc) is 3.38. The highest BCUT2D eigenvalue weighted by Crippen LogP contribution is 2.35. The third-order valence-electron chi connectivity index (χ3n) is 6.73. The van der Waals surface area contributed by atoms with E-state index in [1.165, 1.54) is 4.90 Å². The Morgan fingerprint density at radius 2 is 1.51 bits per heavy atom. The third-order valence-corrected chi connectivity index (χ3v) is 6.73. The molecule has 1 aromatic heterocycles. The number of ether oxygens (including phenoxy) is 1. The molecule has 0 bridgehead atoms. The second-order valence-corrected chi connectivity index (χ2v) is 8.63. The minimum atomic E-state index is -0.449. The van der Waals surface area contributed by atoms with E-state index in [1.807, 2.05) is 18.2 Å². The predicted molar refractivity (Wildman–Crippen MR) is 135 cm³/mol. The molecule has 0 fully saturated rings. The molecule has 172 valence electrons. The largest absolute Gasteiger partial charge is 0.461 e. The van der Waals surface area contributed by atoms with Crippen LogP contribution in [0.25, 0.3) is 32.4 Å². The van der Waals surface area contributed by atoms with Gasteiger partial charge in [0, 0.05) is 17.4 Å². The molecule has 0 spiro atoms. The number of hydrogen-bond donors (Lipinski definition) is 1. The zero-order chi connectivity index (χ0) is 24.1. The summed E-state index contributed by atoms with van der Waals surface area (Å²) in [5.74, 6) is -1.06. The molecule has 1 aliphatic rings. The van der Waals surface area contributed by atoms with E-state index in [0.29, 0.717) is 23.2 Å². The average molecular weight is 463 g/mol.